The third-order valence-corrected chi connectivity index (χ3v) is 8.12. The summed E-state index contributed by atoms with van der Waals surface area (Å²) < 4.78 is 13.2. The van der Waals surface area contributed by atoms with E-state index in [1.54, 1.807) is 12.1 Å². The van der Waals surface area contributed by atoms with E-state index in [1.807, 2.05) is 85.1 Å². The van der Waals surface area contributed by atoms with Crippen molar-refractivity contribution in [3.8, 4) is 17.2 Å². The van der Waals surface area contributed by atoms with Gasteiger partial charge in [-0.15, -0.1) is 0 Å². The number of esters is 1. The lowest BCUT2D eigenvalue weighted by Gasteiger charge is -2.28. The summed E-state index contributed by atoms with van der Waals surface area (Å²) in [4.78, 5) is 18.9. The first-order valence-corrected chi connectivity index (χ1v) is 14.5. The molecule has 0 amide bonds. The van der Waals surface area contributed by atoms with Crippen molar-refractivity contribution in [2.24, 2.45) is 0 Å². The molecule has 2 aromatic heterocycles. The number of hydrogen-bond acceptors (Lipinski definition) is 5. The zero-order chi connectivity index (χ0) is 30.1. The van der Waals surface area contributed by atoms with Gasteiger partial charge in [-0.25, -0.2) is 4.79 Å². The van der Waals surface area contributed by atoms with E-state index in [9.17, 15) is 4.79 Å². The Hall–Kier alpha value is -4.95. The number of rotatable bonds is 7. The second-order valence-corrected chi connectivity index (χ2v) is 11.0. The van der Waals surface area contributed by atoms with Gasteiger partial charge in [0, 0.05) is 29.0 Å². The maximum absolute atomic E-state index is 12.0. The average Bonchev–Trinajstić information content (AvgIpc) is 3.53. The van der Waals surface area contributed by atoms with E-state index < -0.39 is 0 Å². The van der Waals surface area contributed by atoms with E-state index in [4.69, 9.17) is 26.7 Å². The minimum Gasteiger partial charge on any atom is -0.465 e. The predicted octanol–water partition coefficient (Wildman–Crippen LogP) is 7.55. The minimum absolute atomic E-state index is 0.166. The van der Waals surface area contributed by atoms with Crippen LogP contribution in [-0.4, -0.2) is 27.7 Å². The van der Waals surface area contributed by atoms with Crippen LogP contribution in [0.5, 0.6) is 11.5 Å². The van der Waals surface area contributed by atoms with Gasteiger partial charge in [0.05, 0.1) is 30.5 Å². The lowest BCUT2D eigenvalue weighted by molar-refractivity contribution is 0.0600. The first-order valence-electron chi connectivity index (χ1n) is 14.1. The van der Waals surface area contributed by atoms with Gasteiger partial charge in [-0.3, -0.25) is 4.98 Å². The summed E-state index contributed by atoms with van der Waals surface area (Å²) >= 11 is 5.96. The van der Waals surface area contributed by atoms with E-state index in [1.165, 1.54) is 12.7 Å². The van der Waals surface area contributed by atoms with E-state index in [2.05, 4.69) is 41.6 Å². The van der Waals surface area contributed by atoms with Crippen LogP contribution in [0.25, 0.3) is 5.69 Å². The first-order chi connectivity index (χ1) is 20.8. The van der Waals surface area contributed by atoms with Crippen molar-refractivity contribution >= 4 is 29.0 Å². The number of aryl methyl sites for hydroxylation is 2. The molecule has 0 saturated carbocycles. The highest BCUT2D eigenvalue weighted by molar-refractivity contribution is 7.80. The second kappa shape index (κ2) is 11.7. The molecular weight excluding hydrogens is 556 g/mol. The molecule has 1 aliphatic heterocycles. The highest BCUT2D eigenvalue weighted by Crippen LogP contribution is 2.44. The lowest BCUT2D eigenvalue weighted by Crippen LogP contribution is -2.29. The summed E-state index contributed by atoms with van der Waals surface area (Å²) in [6.07, 6.45) is 1.81. The highest BCUT2D eigenvalue weighted by Gasteiger charge is 2.42. The third-order valence-electron chi connectivity index (χ3n) is 7.81. The molecule has 0 bridgehead atoms. The summed E-state index contributed by atoms with van der Waals surface area (Å²) in [7, 11) is 1.39. The van der Waals surface area contributed by atoms with Crippen LogP contribution in [0.2, 0.25) is 0 Å². The third kappa shape index (κ3) is 5.49. The van der Waals surface area contributed by atoms with Crippen LogP contribution in [0.1, 0.15) is 50.7 Å². The Labute approximate surface area is 256 Å². The number of nitrogens with zero attached hydrogens (tertiary/aromatic N) is 3. The van der Waals surface area contributed by atoms with Crippen LogP contribution < -0.4 is 15.0 Å². The van der Waals surface area contributed by atoms with Gasteiger partial charge in [0.1, 0.15) is 11.5 Å². The summed E-state index contributed by atoms with van der Waals surface area (Å²) in [5.41, 5.74) is 7.77. The molecule has 1 N–H and O–H groups in total. The van der Waals surface area contributed by atoms with Crippen molar-refractivity contribution in [3.05, 3.63) is 137 Å². The van der Waals surface area contributed by atoms with Crippen LogP contribution >= 0.6 is 12.2 Å². The molecule has 216 valence electrons. The minimum atomic E-state index is -0.358. The van der Waals surface area contributed by atoms with Crippen LogP contribution in [0.4, 0.5) is 5.69 Å². The molecule has 1 fully saturated rings. The number of aromatic nitrogens is 2. The van der Waals surface area contributed by atoms with Crippen molar-refractivity contribution in [1.29, 1.82) is 0 Å². The topological polar surface area (TPSA) is 68.6 Å². The smallest absolute Gasteiger partial charge is 0.337 e. The molecule has 0 radical (unpaired) electrons. The van der Waals surface area contributed by atoms with Gasteiger partial charge in [-0.2, -0.15) is 0 Å². The van der Waals surface area contributed by atoms with Crippen LogP contribution in [0.15, 0.2) is 103 Å². The molecule has 0 unspecified atom stereocenters. The normalized spacial score (nSPS) is 16.2. The number of methoxy groups -OCH3 is 1. The SMILES string of the molecule is COC(=O)c1ccc(-n2c(C)cc([C@@H]3[C@H](c4ccccn4)NC(=S)N3c3ccc(Oc4ccc(C)cc4)cc3)c2C)cc1. The number of anilines is 1. The van der Waals surface area contributed by atoms with Crippen molar-refractivity contribution < 1.29 is 14.3 Å². The molecule has 3 heterocycles. The molecular formula is C35H32N4O3S. The number of thiocarbonyl (C=S) groups is 1. The van der Waals surface area contributed by atoms with Gasteiger partial charge in [-0.05, 0) is 117 Å². The highest BCUT2D eigenvalue weighted by atomic mass is 32.1. The summed E-state index contributed by atoms with van der Waals surface area (Å²) in [5.74, 6) is 1.18. The number of benzene rings is 3. The Morgan fingerprint density at radius 1 is 0.860 bits per heavy atom. The van der Waals surface area contributed by atoms with E-state index >= 15 is 0 Å². The maximum Gasteiger partial charge on any atom is 0.337 e. The number of carbonyl (C=O) groups is 1. The maximum atomic E-state index is 12.0. The molecule has 1 saturated heterocycles. The average molecular weight is 589 g/mol. The number of nitrogens with one attached hydrogen (secondary N) is 1. The van der Waals surface area contributed by atoms with Crippen molar-refractivity contribution in [3.63, 3.8) is 0 Å². The Morgan fingerprint density at radius 2 is 1.51 bits per heavy atom. The molecule has 0 aliphatic carbocycles. The molecule has 43 heavy (non-hydrogen) atoms. The molecule has 1 aliphatic rings. The Morgan fingerprint density at radius 3 is 2.14 bits per heavy atom. The van der Waals surface area contributed by atoms with Gasteiger partial charge >= 0.3 is 5.97 Å². The summed E-state index contributed by atoms with van der Waals surface area (Å²) in [6, 6.07) is 31.3. The zero-order valence-electron chi connectivity index (χ0n) is 24.4. The quantitative estimate of drug-likeness (QED) is 0.155. The monoisotopic (exact) mass is 588 g/mol. The zero-order valence-corrected chi connectivity index (χ0v) is 25.3. The Balaban J connectivity index is 1.38. The number of hydrogen-bond donors (Lipinski definition) is 1. The fraction of sp³-hybridized carbons (Fsp3) is 0.171. The van der Waals surface area contributed by atoms with Crippen LogP contribution in [0, 0.1) is 20.8 Å². The molecule has 3 aromatic carbocycles. The van der Waals surface area contributed by atoms with Gasteiger partial charge < -0.3 is 24.3 Å². The standard InChI is InChI=1S/C35H32N4O3S/c1-22-8-16-28(17-9-22)42-29-18-14-27(15-19-29)39-33(32(37-35(39)43)31-7-5-6-20-36-31)30-21-23(2)38(24(30)3)26-12-10-25(11-13-26)34(40)41-4/h5-21,32-33H,1-4H3,(H,37,43)/t32-,33+/m0/s1. The van der Waals surface area contributed by atoms with Crippen molar-refractivity contribution in [2.75, 3.05) is 12.0 Å². The number of carbonyl (C=O) groups excluding carboxylic acids is 1. The Bertz CT molecular complexity index is 1770. The van der Waals surface area contributed by atoms with Gasteiger partial charge in [0.2, 0.25) is 0 Å². The van der Waals surface area contributed by atoms with Crippen LogP contribution in [0.3, 0.4) is 0 Å². The summed E-state index contributed by atoms with van der Waals surface area (Å²) in [6.45, 7) is 6.26. The van der Waals surface area contributed by atoms with Gasteiger partial charge in [0.15, 0.2) is 5.11 Å². The molecule has 5 aromatic rings. The van der Waals surface area contributed by atoms with E-state index in [-0.39, 0.29) is 18.1 Å². The number of pyridine rings is 1. The Kier molecular flexibility index (Phi) is 7.69. The van der Waals surface area contributed by atoms with E-state index in [0.29, 0.717) is 10.7 Å². The number of ether oxygens (including phenoxy) is 2. The molecule has 2 atom stereocenters. The molecule has 6 rings (SSSR count). The molecule has 0 spiro atoms. The summed E-state index contributed by atoms with van der Waals surface area (Å²) in [5, 5.41) is 4.18. The van der Waals surface area contributed by atoms with Gasteiger partial charge in [-0.1, -0.05) is 23.8 Å². The second-order valence-electron chi connectivity index (χ2n) is 10.6. The van der Waals surface area contributed by atoms with Crippen molar-refractivity contribution in [2.45, 2.75) is 32.9 Å². The van der Waals surface area contributed by atoms with Crippen molar-refractivity contribution in [1.82, 2.24) is 14.9 Å². The lowest BCUT2D eigenvalue weighted by atomic mass is 9.96. The van der Waals surface area contributed by atoms with Crippen LogP contribution in [-0.2, 0) is 4.74 Å². The van der Waals surface area contributed by atoms with Gasteiger partial charge in [0.25, 0.3) is 0 Å². The fourth-order valence-corrected chi connectivity index (χ4v) is 6.06. The molecule has 8 heteroatoms. The molecule has 7 nitrogen and oxygen atoms in total. The predicted molar refractivity (Wildman–Crippen MR) is 172 cm³/mol. The fourth-order valence-electron chi connectivity index (χ4n) is 5.71. The van der Waals surface area contributed by atoms with E-state index in [0.717, 1.165) is 45.5 Å². The largest absolute Gasteiger partial charge is 0.465 e. The first kappa shape index (κ1) is 28.2.